The van der Waals surface area contributed by atoms with Gasteiger partial charge in [0, 0.05) is 20.1 Å². The molecule has 0 aliphatic carbocycles. The van der Waals surface area contributed by atoms with Crippen molar-refractivity contribution in [3.8, 4) is 11.5 Å². The maximum Gasteiger partial charge on any atom is 0.261 e. The van der Waals surface area contributed by atoms with Crippen LogP contribution in [0.5, 0.6) is 11.5 Å². The third-order valence-corrected chi connectivity index (χ3v) is 3.77. The third kappa shape index (κ3) is 2.29. The molecule has 1 aliphatic heterocycles. The maximum absolute atomic E-state index is 12.4. The van der Waals surface area contributed by atoms with E-state index in [1.54, 1.807) is 14.0 Å². The Hall–Kier alpha value is -2.24. The molecular weight excluding hydrogens is 260 g/mol. The van der Waals surface area contributed by atoms with Gasteiger partial charge in [-0.3, -0.25) is 9.59 Å². The highest BCUT2D eigenvalue weighted by Gasteiger charge is 2.42. The Morgan fingerprint density at radius 2 is 1.90 bits per heavy atom. The Labute approximate surface area is 117 Å². The third-order valence-electron chi connectivity index (χ3n) is 3.77. The van der Waals surface area contributed by atoms with Crippen molar-refractivity contribution in [3.05, 3.63) is 23.8 Å². The van der Waals surface area contributed by atoms with Crippen molar-refractivity contribution in [2.24, 2.45) is 5.41 Å². The quantitative estimate of drug-likeness (QED) is 0.742. The fourth-order valence-corrected chi connectivity index (χ4v) is 2.53. The van der Waals surface area contributed by atoms with E-state index in [0.717, 1.165) is 0 Å². The second-order valence-electron chi connectivity index (χ2n) is 5.29. The standard InChI is InChI=1S/C14H18N2O4/c1-14(13(20)15-2)6-7-16(8-14)12(19)11-9(17)4-3-5-10(11)18/h3-5,17-18H,6-8H2,1-2H3,(H,15,20). The average Bonchev–Trinajstić information content (AvgIpc) is 2.81. The lowest BCUT2D eigenvalue weighted by Crippen LogP contribution is -2.40. The first-order valence-corrected chi connectivity index (χ1v) is 6.41. The van der Waals surface area contributed by atoms with Gasteiger partial charge in [-0.1, -0.05) is 6.07 Å². The zero-order valence-corrected chi connectivity index (χ0v) is 11.5. The van der Waals surface area contributed by atoms with Crippen LogP contribution in [0.25, 0.3) is 0 Å². The molecule has 1 aromatic rings. The van der Waals surface area contributed by atoms with Gasteiger partial charge in [0.2, 0.25) is 5.91 Å². The second kappa shape index (κ2) is 5.03. The summed E-state index contributed by atoms with van der Waals surface area (Å²) in [6, 6.07) is 4.15. The van der Waals surface area contributed by atoms with Crippen molar-refractivity contribution in [3.63, 3.8) is 0 Å². The Morgan fingerprint density at radius 1 is 1.30 bits per heavy atom. The van der Waals surface area contributed by atoms with E-state index >= 15 is 0 Å². The molecule has 6 heteroatoms. The monoisotopic (exact) mass is 278 g/mol. The first-order valence-electron chi connectivity index (χ1n) is 6.41. The molecule has 20 heavy (non-hydrogen) atoms. The highest BCUT2D eigenvalue weighted by Crippen LogP contribution is 2.34. The molecule has 1 fully saturated rings. The van der Waals surface area contributed by atoms with Crippen molar-refractivity contribution in [2.45, 2.75) is 13.3 Å². The van der Waals surface area contributed by atoms with Gasteiger partial charge in [0.25, 0.3) is 5.91 Å². The molecule has 0 bridgehead atoms. The molecule has 108 valence electrons. The molecule has 2 amide bonds. The second-order valence-corrected chi connectivity index (χ2v) is 5.29. The minimum absolute atomic E-state index is 0.116. The molecule has 2 rings (SSSR count). The van der Waals surface area contributed by atoms with Gasteiger partial charge < -0.3 is 20.4 Å². The lowest BCUT2D eigenvalue weighted by Gasteiger charge is -2.23. The van der Waals surface area contributed by atoms with Gasteiger partial charge >= 0.3 is 0 Å². The molecule has 1 aliphatic rings. The topological polar surface area (TPSA) is 89.9 Å². The number of carbonyl (C=O) groups excluding carboxylic acids is 2. The van der Waals surface area contributed by atoms with Crippen LogP contribution in [0.1, 0.15) is 23.7 Å². The summed E-state index contributed by atoms with van der Waals surface area (Å²) < 4.78 is 0. The minimum Gasteiger partial charge on any atom is -0.507 e. The number of likely N-dealkylation sites (tertiary alicyclic amines) is 1. The molecule has 3 N–H and O–H groups in total. The molecule has 1 unspecified atom stereocenters. The maximum atomic E-state index is 12.4. The van der Waals surface area contributed by atoms with Gasteiger partial charge in [-0.15, -0.1) is 0 Å². The number of nitrogens with zero attached hydrogens (tertiary/aromatic N) is 1. The first kappa shape index (κ1) is 14.2. The number of amides is 2. The van der Waals surface area contributed by atoms with Crippen molar-refractivity contribution in [2.75, 3.05) is 20.1 Å². The van der Waals surface area contributed by atoms with E-state index in [1.165, 1.54) is 23.1 Å². The van der Waals surface area contributed by atoms with Crippen LogP contribution >= 0.6 is 0 Å². The summed E-state index contributed by atoms with van der Waals surface area (Å²) in [6.45, 7) is 2.47. The normalized spacial score (nSPS) is 21.8. The molecular formula is C14H18N2O4. The number of aromatic hydroxyl groups is 2. The fourth-order valence-electron chi connectivity index (χ4n) is 2.53. The smallest absolute Gasteiger partial charge is 0.261 e. The van der Waals surface area contributed by atoms with Crippen LogP contribution in [0.15, 0.2) is 18.2 Å². The molecule has 0 saturated carbocycles. The SMILES string of the molecule is CNC(=O)C1(C)CCN(C(=O)c2c(O)cccc2O)C1. The van der Waals surface area contributed by atoms with E-state index in [1.807, 2.05) is 0 Å². The number of phenolic OH excluding ortho intramolecular Hbond substituents is 2. The van der Waals surface area contributed by atoms with Crippen LogP contribution < -0.4 is 5.32 Å². The predicted octanol–water partition coefficient (Wildman–Crippen LogP) is 0.696. The molecule has 0 radical (unpaired) electrons. The molecule has 1 atom stereocenters. The molecule has 1 saturated heterocycles. The zero-order valence-electron chi connectivity index (χ0n) is 11.5. The van der Waals surface area contributed by atoms with Gasteiger partial charge in [-0.25, -0.2) is 0 Å². The number of benzene rings is 1. The minimum atomic E-state index is -0.634. The van der Waals surface area contributed by atoms with E-state index in [0.29, 0.717) is 13.0 Å². The van der Waals surface area contributed by atoms with Crippen molar-refractivity contribution >= 4 is 11.8 Å². The van der Waals surface area contributed by atoms with Crippen LogP contribution in [-0.4, -0.2) is 47.1 Å². The van der Waals surface area contributed by atoms with Crippen LogP contribution in [0.3, 0.4) is 0 Å². The summed E-state index contributed by atoms with van der Waals surface area (Å²) in [5.41, 5.74) is -0.751. The Morgan fingerprint density at radius 3 is 2.45 bits per heavy atom. The van der Waals surface area contributed by atoms with E-state index in [2.05, 4.69) is 5.32 Å². The molecule has 1 heterocycles. The average molecular weight is 278 g/mol. The number of carbonyl (C=O) groups is 2. The molecule has 0 spiro atoms. The lowest BCUT2D eigenvalue weighted by atomic mass is 9.89. The van der Waals surface area contributed by atoms with Gasteiger partial charge in [0.05, 0.1) is 5.41 Å². The summed E-state index contributed by atoms with van der Waals surface area (Å²) in [4.78, 5) is 25.7. The van der Waals surface area contributed by atoms with Gasteiger partial charge in [-0.05, 0) is 25.5 Å². The summed E-state index contributed by atoms with van der Waals surface area (Å²) >= 11 is 0. The summed E-state index contributed by atoms with van der Waals surface area (Å²) in [6.07, 6.45) is 0.548. The highest BCUT2D eigenvalue weighted by atomic mass is 16.3. The predicted molar refractivity (Wildman–Crippen MR) is 72.5 cm³/mol. The van der Waals surface area contributed by atoms with E-state index in [9.17, 15) is 19.8 Å². The Kier molecular flexibility index (Phi) is 3.57. The number of rotatable bonds is 2. The van der Waals surface area contributed by atoms with Crippen LogP contribution in [0.2, 0.25) is 0 Å². The number of hydrogen-bond acceptors (Lipinski definition) is 4. The van der Waals surface area contributed by atoms with E-state index in [-0.39, 0.29) is 29.5 Å². The van der Waals surface area contributed by atoms with Crippen molar-refractivity contribution < 1.29 is 19.8 Å². The van der Waals surface area contributed by atoms with E-state index in [4.69, 9.17) is 0 Å². The molecule has 1 aromatic carbocycles. The summed E-state index contributed by atoms with van der Waals surface area (Å²) in [5, 5.41) is 22.0. The summed E-state index contributed by atoms with van der Waals surface area (Å²) in [5.74, 6) is -1.10. The fraction of sp³-hybridized carbons (Fsp3) is 0.429. The van der Waals surface area contributed by atoms with Crippen molar-refractivity contribution in [1.82, 2.24) is 10.2 Å². The molecule has 6 nitrogen and oxygen atoms in total. The number of hydrogen-bond donors (Lipinski definition) is 3. The largest absolute Gasteiger partial charge is 0.507 e. The zero-order chi connectivity index (χ0) is 14.9. The number of nitrogens with one attached hydrogen (secondary N) is 1. The van der Waals surface area contributed by atoms with Crippen LogP contribution in [0, 0.1) is 5.41 Å². The highest BCUT2D eigenvalue weighted by molar-refractivity contribution is 6.00. The van der Waals surface area contributed by atoms with Gasteiger partial charge in [0.15, 0.2) is 0 Å². The van der Waals surface area contributed by atoms with E-state index < -0.39 is 11.3 Å². The Balaban J connectivity index is 2.23. The van der Waals surface area contributed by atoms with Crippen LogP contribution in [0.4, 0.5) is 0 Å². The Bertz CT molecular complexity index is 538. The van der Waals surface area contributed by atoms with Crippen molar-refractivity contribution in [1.29, 1.82) is 0 Å². The molecule has 0 aromatic heterocycles. The van der Waals surface area contributed by atoms with Gasteiger partial charge in [0.1, 0.15) is 17.1 Å². The lowest BCUT2D eigenvalue weighted by molar-refractivity contribution is -0.128. The van der Waals surface area contributed by atoms with Crippen LogP contribution in [-0.2, 0) is 4.79 Å². The van der Waals surface area contributed by atoms with Gasteiger partial charge in [-0.2, -0.15) is 0 Å². The number of phenols is 2. The first-order chi connectivity index (χ1) is 9.39. The summed E-state index contributed by atoms with van der Waals surface area (Å²) in [7, 11) is 1.56.